The van der Waals surface area contributed by atoms with Crippen LogP contribution in [0.25, 0.3) is 0 Å². The SMILES string of the molecule is CNc1ncnc(N(C)CCc2ccccn2)c1C. The molecule has 1 N–H and O–H groups in total. The first-order valence-corrected chi connectivity index (χ1v) is 6.32. The Labute approximate surface area is 113 Å². The number of anilines is 2. The number of pyridine rings is 1. The fourth-order valence-electron chi connectivity index (χ4n) is 2.01. The minimum Gasteiger partial charge on any atom is -0.373 e. The molecule has 0 aliphatic heterocycles. The van der Waals surface area contributed by atoms with Crippen LogP contribution in [0.5, 0.6) is 0 Å². The van der Waals surface area contributed by atoms with Gasteiger partial charge in [-0.3, -0.25) is 4.98 Å². The smallest absolute Gasteiger partial charge is 0.136 e. The molecule has 0 fully saturated rings. The zero-order valence-electron chi connectivity index (χ0n) is 11.6. The van der Waals surface area contributed by atoms with E-state index in [1.807, 2.05) is 45.4 Å². The molecule has 19 heavy (non-hydrogen) atoms. The molecule has 2 heterocycles. The van der Waals surface area contributed by atoms with Gasteiger partial charge in [-0.1, -0.05) is 6.07 Å². The van der Waals surface area contributed by atoms with Gasteiger partial charge in [-0.25, -0.2) is 9.97 Å². The summed E-state index contributed by atoms with van der Waals surface area (Å²) in [4.78, 5) is 15.0. The van der Waals surface area contributed by atoms with Crippen molar-refractivity contribution in [1.82, 2.24) is 15.0 Å². The molecule has 100 valence electrons. The molecule has 0 atom stereocenters. The van der Waals surface area contributed by atoms with Gasteiger partial charge in [-0.05, 0) is 19.1 Å². The van der Waals surface area contributed by atoms with E-state index in [2.05, 4.69) is 25.2 Å². The lowest BCUT2D eigenvalue weighted by Crippen LogP contribution is -2.23. The maximum atomic E-state index is 4.35. The van der Waals surface area contributed by atoms with Crippen molar-refractivity contribution in [2.45, 2.75) is 13.3 Å². The van der Waals surface area contributed by atoms with Crippen LogP contribution in [0, 0.1) is 6.92 Å². The third-order valence-electron chi connectivity index (χ3n) is 3.09. The van der Waals surface area contributed by atoms with Crippen LogP contribution >= 0.6 is 0 Å². The highest BCUT2D eigenvalue weighted by Gasteiger charge is 2.10. The first-order valence-electron chi connectivity index (χ1n) is 6.32. The number of aromatic nitrogens is 3. The third kappa shape index (κ3) is 3.19. The molecule has 0 saturated carbocycles. The molecule has 0 radical (unpaired) electrons. The van der Waals surface area contributed by atoms with Gasteiger partial charge in [0.05, 0.1) is 0 Å². The second kappa shape index (κ2) is 6.13. The fraction of sp³-hybridized carbons (Fsp3) is 0.357. The van der Waals surface area contributed by atoms with Crippen molar-refractivity contribution >= 4 is 11.6 Å². The Kier molecular flexibility index (Phi) is 4.28. The summed E-state index contributed by atoms with van der Waals surface area (Å²) in [5.41, 5.74) is 2.16. The zero-order chi connectivity index (χ0) is 13.7. The molecular weight excluding hydrogens is 238 g/mol. The zero-order valence-corrected chi connectivity index (χ0v) is 11.6. The Hall–Kier alpha value is -2.17. The predicted molar refractivity (Wildman–Crippen MR) is 77.5 cm³/mol. The van der Waals surface area contributed by atoms with Gasteiger partial charge in [0.2, 0.25) is 0 Å². The molecule has 5 heteroatoms. The molecule has 0 aromatic carbocycles. The van der Waals surface area contributed by atoms with Gasteiger partial charge >= 0.3 is 0 Å². The molecule has 0 bridgehead atoms. The summed E-state index contributed by atoms with van der Waals surface area (Å²) in [5, 5.41) is 3.07. The van der Waals surface area contributed by atoms with Crippen LogP contribution < -0.4 is 10.2 Å². The van der Waals surface area contributed by atoms with Gasteiger partial charge in [-0.15, -0.1) is 0 Å². The molecule has 0 aliphatic rings. The molecule has 0 amide bonds. The maximum Gasteiger partial charge on any atom is 0.136 e. The second-order valence-electron chi connectivity index (χ2n) is 4.41. The highest BCUT2D eigenvalue weighted by atomic mass is 15.2. The topological polar surface area (TPSA) is 53.9 Å². The highest BCUT2D eigenvalue weighted by molar-refractivity contribution is 5.57. The molecule has 5 nitrogen and oxygen atoms in total. The van der Waals surface area contributed by atoms with E-state index in [4.69, 9.17) is 0 Å². The number of nitrogens with zero attached hydrogens (tertiary/aromatic N) is 4. The predicted octanol–water partition coefficient (Wildman–Crippen LogP) is 1.90. The summed E-state index contributed by atoms with van der Waals surface area (Å²) in [6.07, 6.45) is 4.31. The Morgan fingerprint density at radius 3 is 2.74 bits per heavy atom. The van der Waals surface area contributed by atoms with E-state index in [9.17, 15) is 0 Å². The lowest BCUT2D eigenvalue weighted by atomic mass is 10.2. The highest BCUT2D eigenvalue weighted by Crippen LogP contribution is 2.20. The number of nitrogens with one attached hydrogen (secondary N) is 1. The molecule has 0 aliphatic carbocycles. The van der Waals surface area contributed by atoms with E-state index in [-0.39, 0.29) is 0 Å². The van der Waals surface area contributed by atoms with Crippen molar-refractivity contribution in [2.24, 2.45) is 0 Å². The van der Waals surface area contributed by atoms with Gasteiger partial charge in [-0.2, -0.15) is 0 Å². The minimum absolute atomic E-state index is 0.870. The monoisotopic (exact) mass is 257 g/mol. The first-order chi connectivity index (χ1) is 9.22. The minimum atomic E-state index is 0.870. The van der Waals surface area contributed by atoms with E-state index in [0.717, 1.165) is 35.9 Å². The summed E-state index contributed by atoms with van der Waals surface area (Å²) < 4.78 is 0. The standard InChI is InChI=1S/C14H19N5/c1-11-13(15-2)17-10-18-14(11)19(3)9-7-12-6-4-5-8-16-12/h4-6,8,10H,7,9H2,1-3H3,(H,15,17,18). The third-order valence-corrected chi connectivity index (χ3v) is 3.09. The molecule has 0 saturated heterocycles. The van der Waals surface area contributed by atoms with Gasteiger partial charge in [0, 0.05) is 44.5 Å². The van der Waals surface area contributed by atoms with Crippen LogP contribution in [-0.4, -0.2) is 35.6 Å². The van der Waals surface area contributed by atoms with Gasteiger partial charge in [0.15, 0.2) is 0 Å². The van der Waals surface area contributed by atoms with Crippen molar-refractivity contribution in [1.29, 1.82) is 0 Å². The summed E-state index contributed by atoms with van der Waals surface area (Å²) in [6, 6.07) is 5.98. The van der Waals surface area contributed by atoms with Crippen LogP contribution in [0.15, 0.2) is 30.7 Å². The number of hydrogen-bond acceptors (Lipinski definition) is 5. The van der Waals surface area contributed by atoms with Crippen molar-refractivity contribution in [2.75, 3.05) is 30.9 Å². The van der Waals surface area contributed by atoms with Crippen molar-refractivity contribution < 1.29 is 0 Å². The lowest BCUT2D eigenvalue weighted by Gasteiger charge is -2.20. The average Bonchev–Trinajstić information content (AvgIpc) is 2.46. The van der Waals surface area contributed by atoms with Gasteiger partial charge in [0.1, 0.15) is 18.0 Å². The Morgan fingerprint density at radius 2 is 2.05 bits per heavy atom. The summed E-state index contributed by atoms with van der Waals surface area (Å²) in [6.45, 7) is 2.90. The van der Waals surface area contributed by atoms with E-state index < -0.39 is 0 Å². The van der Waals surface area contributed by atoms with E-state index in [0.29, 0.717) is 0 Å². The molecule has 0 unspecified atom stereocenters. The summed E-state index contributed by atoms with van der Waals surface area (Å²) in [5.74, 6) is 1.82. The number of rotatable bonds is 5. The number of likely N-dealkylation sites (N-methyl/N-ethyl adjacent to an activating group) is 1. The molecule has 0 spiro atoms. The average molecular weight is 257 g/mol. The van der Waals surface area contributed by atoms with E-state index in [1.54, 1.807) is 6.33 Å². The van der Waals surface area contributed by atoms with Gasteiger partial charge in [0.25, 0.3) is 0 Å². The first kappa shape index (κ1) is 13.3. The van der Waals surface area contributed by atoms with Crippen LogP contribution in [0.3, 0.4) is 0 Å². The fourth-order valence-corrected chi connectivity index (χ4v) is 2.01. The quantitative estimate of drug-likeness (QED) is 0.886. The summed E-state index contributed by atoms with van der Waals surface area (Å²) >= 11 is 0. The van der Waals surface area contributed by atoms with Crippen molar-refractivity contribution in [3.05, 3.63) is 42.0 Å². The van der Waals surface area contributed by atoms with Crippen LogP contribution in [0.4, 0.5) is 11.6 Å². The largest absolute Gasteiger partial charge is 0.373 e. The van der Waals surface area contributed by atoms with Crippen LogP contribution in [-0.2, 0) is 6.42 Å². The Balaban J connectivity index is 2.06. The second-order valence-corrected chi connectivity index (χ2v) is 4.41. The Morgan fingerprint density at radius 1 is 1.21 bits per heavy atom. The van der Waals surface area contributed by atoms with E-state index >= 15 is 0 Å². The lowest BCUT2D eigenvalue weighted by molar-refractivity contribution is 0.831. The molecular formula is C14H19N5. The molecule has 2 rings (SSSR count). The Bertz CT molecular complexity index is 527. The molecule has 2 aromatic rings. The normalized spacial score (nSPS) is 10.3. The van der Waals surface area contributed by atoms with E-state index in [1.165, 1.54) is 0 Å². The maximum absolute atomic E-state index is 4.35. The number of hydrogen-bond donors (Lipinski definition) is 1. The van der Waals surface area contributed by atoms with Crippen molar-refractivity contribution in [3.8, 4) is 0 Å². The van der Waals surface area contributed by atoms with Gasteiger partial charge < -0.3 is 10.2 Å². The summed E-state index contributed by atoms with van der Waals surface area (Å²) in [7, 11) is 3.91. The van der Waals surface area contributed by atoms with Crippen LogP contribution in [0.1, 0.15) is 11.3 Å². The van der Waals surface area contributed by atoms with Crippen LogP contribution in [0.2, 0.25) is 0 Å². The molecule has 2 aromatic heterocycles. The van der Waals surface area contributed by atoms with Crippen molar-refractivity contribution in [3.63, 3.8) is 0 Å².